The van der Waals surface area contributed by atoms with Gasteiger partial charge >= 0.3 is 11.7 Å². The summed E-state index contributed by atoms with van der Waals surface area (Å²) in [6.45, 7) is -0.616. The van der Waals surface area contributed by atoms with Gasteiger partial charge in [0.1, 0.15) is 12.7 Å². The monoisotopic (exact) mass is 214 g/mol. The van der Waals surface area contributed by atoms with Gasteiger partial charge < -0.3 is 10.4 Å². The molecule has 1 amide bonds. The molecule has 0 fully saturated rings. The Morgan fingerprint density at radius 2 is 2.33 bits per heavy atom. The van der Waals surface area contributed by atoms with Crippen LogP contribution in [0.3, 0.4) is 0 Å². The van der Waals surface area contributed by atoms with E-state index in [0.717, 1.165) is 6.20 Å². The normalized spacial score (nSPS) is 9.60. The largest absolute Gasteiger partial charge is 0.480 e. The van der Waals surface area contributed by atoms with Crippen LogP contribution in [0.4, 0.5) is 5.69 Å². The molecule has 9 nitrogen and oxygen atoms in total. The third kappa shape index (κ3) is 2.49. The number of carbonyl (C=O) groups is 2. The summed E-state index contributed by atoms with van der Waals surface area (Å²) in [7, 11) is 0. The third-order valence-corrected chi connectivity index (χ3v) is 1.44. The van der Waals surface area contributed by atoms with E-state index >= 15 is 0 Å². The summed E-state index contributed by atoms with van der Waals surface area (Å²) in [6.07, 6.45) is 0.871. The number of aromatic amines is 1. The van der Waals surface area contributed by atoms with Gasteiger partial charge in [-0.15, -0.1) is 0 Å². The SMILES string of the molecule is O=C(O)CNC(=O)c1[nH]ncc1[N+](=O)[O-]. The highest BCUT2D eigenvalue weighted by Crippen LogP contribution is 2.13. The molecule has 15 heavy (non-hydrogen) atoms. The van der Waals surface area contributed by atoms with E-state index in [1.807, 2.05) is 5.32 Å². The van der Waals surface area contributed by atoms with E-state index in [-0.39, 0.29) is 5.69 Å². The van der Waals surface area contributed by atoms with Crippen LogP contribution in [0.5, 0.6) is 0 Å². The van der Waals surface area contributed by atoms with Gasteiger partial charge in [-0.1, -0.05) is 0 Å². The Kier molecular flexibility index (Phi) is 2.96. The van der Waals surface area contributed by atoms with Gasteiger partial charge in [-0.2, -0.15) is 5.10 Å². The zero-order chi connectivity index (χ0) is 11.4. The molecule has 1 rings (SSSR count). The van der Waals surface area contributed by atoms with E-state index in [2.05, 4.69) is 10.2 Å². The molecule has 0 radical (unpaired) electrons. The molecule has 0 bridgehead atoms. The molecule has 1 heterocycles. The quantitative estimate of drug-likeness (QED) is 0.440. The van der Waals surface area contributed by atoms with Crippen molar-refractivity contribution in [1.82, 2.24) is 15.5 Å². The molecule has 3 N–H and O–H groups in total. The number of aliphatic carboxylic acids is 1. The Bertz CT molecular complexity index is 411. The first-order chi connectivity index (χ1) is 7.02. The highest BCUT2D eigenvalue weighted by molar-refractivity contribution is 5.97. The predicted molar refractivity (Wildman–Crippen MR) is 45.2 cm³/mol. The summed E-state index contributed by atoms with van der Waals surface area (Å²) in [6, 6.07) is 0. The number of aromatic nitrogens is 2. The number of carboxylic acid groups (broad SMARTS) is 1. The van der Waals surface area contributed by atoms with Gasteiger partial charge in [-0.25, -0.2) is 0 Å². The Morgan fingerprint density at radius 3 is 2.87 bits per heavy atom. The van der Waals surface area contributed by atoms with Gasteiger partial charge in [0.05, 0.1) is 4.92 Å². The van der Waals surface area contributed by atoms with E-state index in [9.17, 15) is 19.7 Å². The van der Waals surface area contributed by atoms with Crippen LogP contribution >= 0.6 is 0 Å². The summed E-state index contributed by atoms with van der Waals surface area (Å²) in [5.41, 5.74) is -0.876. The number of H-pyrrole nitrogens is 1. The average Bonchev–Trinajstić information content (AvgIpc) is 2.62. The minimum Gasteiger partial charge on any atom is -0.480 e. The fourth-order valence-electron chi connectivity index (χ4n) is 0.830. The van der Waals surface area contributed by atoms with Crippen molar-refractivity contribution in [3.8, 4) is 0 Å². The highest BCUT2D eigenvalue weighted by atomic mass is 16.6. The molecule has 0 aliphatic heterocycles. The van der Waals surface area contributed by atoms with Gasteiger partial charge in [0.25, 0.3) is 5.91 Å². The van der Waals surface area contributed by atoms with Crippen LogP contribution in [0.15, 0.2) is 6.20 Å². The van der Waals surface area contributed by atoms with Gasteiger partial charge in [0, 0.05) is 0 Å². The fourth-order valence-corrected chi connectivity index (χ4v) is 0.830. The number of nitro groups is 1. The van der Waals surface area contributed by atoms with Crippen molar-refractivity contribution in [2.24, 2.45) is 0 Å². The summed E-state index contributed by atoms with van der Waals surface area (Å²) in [5, 5.41) is 26.0. The lowest BCUT2D eigenvalue weighted by Crippen LogP contribution is -2.29. The molecular formula is C6H6N4O5. The summed E-state index contributed by atoms with van der Waals surface area (Å²) in [4.78, 5) is 30.9. The van der Waals surface area contributed by atoms with Crippen LogP contribution < -0.4 is 5.32 Å². The number of carboxylic acids is 1. The molecule has 0 saturated carbocycles. The van der Waals surface area contributed by atoms with Gasteiger partial charge in [0.2, 0.25) is 5.69 Å². The molecule has 0 saturated heterocycles. The summed E-state index contributed by atoms with van der Waals surface area (Å²) in [5.74, 6) is -2.13. The van der Waals surface area contributed by atoms with Crippen molar-refractivity contribution in [3.05, 3.63) is 22.0 Å². The molecule has 0 aliphatic carbocycles. The van der Waals surface area contributed by atoms with Crippen molar-refractivity contribution in [2.45, 2.75) is 0 Å². The standard InChI is InChI=1S/C6H6N4O5/c11-4(12)2-7-6(13)5-3(10(14)15)1-8-9-5/h1H,2H2,(H,7,13)(H,8,9)(H,11,12). The topological polar surface area (TPSA) is 138 Å². The smallest absolute Gasteiger partial charge is 0.322 e. The minimum atomic E-state index is -1.24. The first-order valence-corrected chi connectivity index (χ1v) is 3.70. The first-order valence-electron chi connectivity index (χ1n) is 3.70. The zero-order valence-corrected chi connectivity index (χ0v) is 7.26. The fraction of sp³-hybridized carbons (Fsp3) is 0.167. The van der Waals surface area contributed by atoms with Crippen LogP contribution in [-0.2, 0) is 4.79 Å². The number of nitrogens with one attached hydrogen (secondary N) is 2. The maximum atomic E-state index is 11.2. The van der Waals surface area contributed by atoms with Crippen LogP contribution in [0, 0.1) is 10.1 Å². The molecule has 0 aliphatic rings. The van der Waals surface area contributed by atoms with Gasteiger partial charge in [-0.05, 0) is 0 Å². The van der Waals surface area contributed by atoms with E-state index in [4.69, 9.17) is 5.11 Å². The first kappa shape index (κ1) is 10.6. The highest BCUT2D eigenvalue weighted by Gasteiger charge is 2.22. The number of hydrogen-bond acceptors (Lipinski definition) is 5. The van der Waals surface area contributed by atoms with Crippen molar-refractivity contribution in [1.29, 1.82) is 0 Å². The molecule has 0 unspecified atom stereocenters. The van der Waals surface area contributed by atoms with Crippen LogP contribution in [-0.4, -0.2) is 38.6 Å². The molecule has 0 spiro atoms. The van der Waals surface area contributed by atoms with E-state index in [1.165, 1.54) is 0 Å². The molecule has 80 valence electrons. The zero-order valence-electron chi connectivity index (χ0n) is 7.26. The number of carbonyl (C=O) groups excluding carboxylic acids is 1. The molecule has 1 aromatic heterocycles. The molecular weight excluding hydrogens is 208 g/mol. The van der Waals surface area contributed by atoms with Crippen LogP contribution in [0.2, 0.25) is 0 Å². The Morgan fingerprint density at radius 1 is 1.67 bits per heavy atom. The summed E-state index contributed by atoms with van der Waals surface area (Å²) < 4.78 is 0. The molecule has 0 aromatic carbocycles. The summed E-state index contributed by atoms with van der Waals surface area (Å²) >= 11 is 0. The van der Waals surface area contributed by atoms with Gasteiger partial charge in [0.15, 0.2) is 0 Å². The predicted octanol–water partition coefficient (Wildman–Crippen LogP) is -0.868. The average molecular weight is 214 g/mol. The lowest BCUT2D eigenvalue weighted by atomic mass is 10.3. The lowest BCUT2D eigenvalue weighted by Gasteiger charge is -1.98. The Hall–Kier alpha value is -2.45. The number of rotatable bonds is 4. The van der Waals surface area contributed by atoms with Crippen molar-refractivity contribution < 1.29 is 19.6 Å². The van der Waals surface area contributed by atoms with E-state index in [1.54, 1.807) is 0 Å². The molecule has 1 aromatic rings. The third-order valence-electron chi connectivity index (χ3n) is 1.44. The Labute approximate surface area is 82.2 Å². The maximum Gasteiger partial charge on any atom is 0.322 e. The maximum absolute atomic E-state index is 11.2. The number of hydrogen-bond donors (Lipinski definition) is 3. The van der Waals surface area contributed by atoms with Crippen molar-refractivity contribution in [3.63, 3.8) is 0 Å². The van der Waals surface area contributed by atoms with Crippen molar-refractivity contribution >= 4 is 17.6 Å². The lowest BCUT2D eigenvalue weighted by molar-refractivity contribution is -0.385. The number of nitrogens with zero attached hydrogens (tertiary/aromatic N) is 2. The minimum absolute atomic E-state index is 0.374. The van der Waals surface area contributed by atoms with E-state index < -0.39 is 29.0 Å². The molecule has 0 atom stereocenters. The van der Waals surface area contributed by atoms with E-state index in [0.29, 0.717) is 0 Å². The second kappa shape index (κ2) is 4.17. The van der Waals surface area contributed by atoms with Crippen molar-refractivity contribution in [2.75, 3.05) is 6.54 Å². The number of amides is 1. The second-order valence-electron chi connectivity index (χ2n) is 2.46. The van der Waals surface area contributed by atoms with Crippen LogP contribution in [0.1, 0.15) is 10.5 Å². The second-order valence-corrected chi connectivity index (χ2v) is 2.46. The van der Waals surface area contributed by atoms with Crippen LogP contribution in [0.25, 0.3) is 0 Å². The molecule has 9 heteroatoms. The Balaban J connectivity index is 2.78. The van der Waals surface area contributed by atoms with Gasteiger partial charge in [-0.3, -0.25) is 24.8 Å².